The molecule has 3 aromatic carbocycles. The Bertz CT molecular complexity index is 1320. The van der Waals surface area contributed by atoms with Crippen molar-refractivity contribution in [2.75, 3.05) is 45.3 Å². The number of rotatable bonds is 8. The van der Waals surface area contributed by atoms with Gasteiger partial charge in [0.1, 0.15) is 0 Å². The number of hydrogen-bond acceptors (Lipinski definition) is 6. The number of amides is 2. The molecule has 0 aliphatic carbocycles. The van der Waals surface area contributed by atoms with Crippen LogP contribution in [0.15, 0.2) is 66.7 Å². The molecular formula is C31H34N3O4. The molecule has 5 rings (SSSR count). The second-order valence-electron chi connectivity index (χ2n) is 9.71. The van der Waals surface area contributed by atoms with Gasteiger partial charge in [-0.2, -0.15) is 0 Å². The second kappa shape index (κ2) is 10.9. The zero-order valence-corrected chi connectivity index (χ0v) is 22.2. The van der Waals surface area contributed by atoms with Crippen LogP contribution in [0.3, 0.4) is 0 Å². The first kappa shape index (κ1) is 25.8. The summed E-state index contributed by atoms with van der Waals surface area (Å²) in [5.74, 6) is 0.573. The predicted molar refractivity (Wildman–Crippen MR) is 148 cm³/mol. The van der Waals surface area contributed by atoms with Crippen LogP contribution in [0, 0.1) is 6.92 Å². The molecule has 1 saturated heterocycles. The van der Waals surface area contributed by atoms with E-state index in [2.05, 4.69) is 47.9 Å². The molecule has 1 radical (unpaired) electrons. The molecule has 0 aromatic heterocycles. The van der Waals surface area contributed by atoms with Crippen LogP contribution < -0.4 is 14.4 Å². The van der Waals surface area contributed by atoms with Crippen LogP contribution in [0.4, 0.5) is 5.69 Å². The highest BCUT2D eigenvalue weighted by atomic mass is 16.5. The number of fused-ring (bicyclic) bond motifs is 1. The van der Waals surface area contributed by atoms with Crippen molar-refractivity contribution in [2.45, 2.75) is 25.4 Å². The van der Waals surface area contributed by atoms with Crippen molar-refractivity contribution >= 4 is 17.5 Å². The fraction of sp³-hybridized carbons (Fsp3) is 0.323. The molecule has 0 N–H and O–H groups in total. The maximum atomic E-state index is 13.9. The molecule has 2 atom stereocenters. The maximum Gasteiger partial charge on any atom is 0.264 e. The second-order valence-corrected chi connectivity index (χ2v) is 9.71. The van der Waals surface area contributed by atoms with Gasteiger partial charge in [0.25, 0.3) is 11.8 Å². The molecule has 2 unspecified atom stereocenters. The Balaban J connectivity index is 1.38. The summed E-state index contributed by atoms with van der Waals surface area (Å²) in [7, 11) is 3.14. The van der Waals surface area contributed by atoms with E-state index in [1.54, 1.807) is 26.4 Å². The number of piperazine rings is 1. The summed E-state index contributed by atoms with van der Waals surface area (Å²) in [4.78, 5) is 33.5. The summed E-state index contributed by atoms with van der Waals surface area (Å²) in [5.41, 5.74) is 3.84. The van der Waals surface area contributed by atoms with Gasteiger partial charge in [-0.05, 0) is 48.7 Å². The van der Waals surface area contributed by atoms with E-state index in [0.717, 1.165) is 37.4 Å². The van der Waals surface area contributed by atoms with Gasteiger partial charge in [-0.15, -0.1) is 0 Å². The highest BCUT2D eigenvalue weighted by Gasteiger charge is 2.42. The maximum absolute atomic E-state index is 13.9. The third kappa shape index (κ3) is 4.52. The average molecular weight is 513 g/mol. The number of ether oxygens (including phenoxy) is 2. The minimum Gasteiger partial charge on any atom is -0.493 e. The summed E-state index contributed by atoms with van der Waals surface area (Å²) >= 11 is 0. The Kier molecular flexibility index (Phi) is 7.38. The molecule has 0 spiro atoms. The highest BCUT2D eigenvalue weighted by Crippen LogP contribution is 2.40. The van der Waals surface area contributed by atoms with E-state index in [0.29, 0.717) is 35.1 Å². The van der Waals surface area contributed by atoms with Crippen molar-refractivity contribution < 1.29 is 19.1 Å². The van der Waals surface area contributed by atoms with Crippen molar-refractivity contribution in [1.29, 1.82) is 0 Å². The van der Waals surface area contributed by atoms with Crippen molar-refractivity contribution in [3.8, 4) is 11.5 Å². The lowest BCUT2D eigenvalue weighted by Gasteiger charge is -2.39. The fourth-order valence-electron chi connectivity index (χ4n) is 5.63. The van der Waals surface area contributed by atoms with Crippen LogP contribution in [-0.2, 0) is 0 Å². The van der Waals surface area contributed by atoms with Crippen LogP contribution in [0.25, 0.3) is 0 Å². The highest BCUT2D eigenvalue weighted by molar-refractivity contribution is 6.24. The van der Waals surface area contributed by atoms with Crippen LogP contribution >= 0.6 is 0 Å². The van der Waals surface area contributed by atoms with Crippen molar-refractivity contribution in [2.24, 2.45) is 0 Å². The van der Waals surface area contributed by atoms with E-state index in [1.165, 1.54) is 10.5 Å². The largest absolute Gasteiger partial charge is 0.493 e. The van der Waals surface area contributed by atoms with Gasteiger partial charge in [0.2, 0.25) is 0 Å². The molecule has 0 bridgehead atoms. The number of hydrogen-bond donors (Lipinski definition) is 0. The Morgan fingerprint density at radius 1 is 0.816 bits per heavy atom. The Hall–Kier alpha value is -3.84. The topological polar surface area (TPSA) is 62.3 Å². The van der Waals surface area contributed by atoms with Crippen LogP contribution in [0.1, 0.15) is 57.3 Å². The summed E-state index contributed by atoms with van der Waals surface area (Å²) in [5, 5.41) is 0. The molecule has 38 heavy (non-hydrogen) atoms. The Morgan fingerprint density at radius 3 is 2.18 bits per heavy atom. The monoisotopic (exact) mass is 512 g/mol. The van der Waals surface area contributed by atoms with Gasteiger partial charge >= 0.3 is 0 Å². The normalized spacial score (nSPS) is 17.4. The van der Waals surface area contributed by atoms with Gasteiger partial charge in [-0.1, -0.05) is 49.4 Å². The molecule has 2 aliphatic rings. The van der Waals surface area contributed by atoms with Gasteiger partial charge in [-0.3, -0.25) is 19.4 Å². The average Bonchev–Trinajstić information content (AvgIpc) is 3.23. The molecule has 2 heterocycles. The van der Waals surface area contributed by atoms with Gasteiger partial charge in [-0.25, -0.2) is 0 Å². The quantitative estimate of drug-likeness (QED) is 0.389. The number of anilines is 1. The zero-order valence-electron chi connectivity index (χ0n) is 22.2. The Morgan fingerprint density at radius 2 is 1.53 bits per heavy atom. The molecule has 0 saturated carbocycles. The van der Waals surface area contributed by atoms with Crippen LogP contribution in [0.2, 0.25) is 0 Å². The van der Waals surface area contributed by atoms with Crippen molar-refractivity contribution in [1.82, 2.24) is 9.80 Å². The van der Waals surface area contributed by atoms with Crippen LogP contribution in [0.5, 0.6) is 11.5 Å². The fourth-order valence-corrected chi connectivity index (χ4v) is 5.63. The number of benzene rings is 3. The molecule has 1 fully saturated rings. The third-order valence-electron chi connectivity index (χ3n) is 7.79. The van der Waals surface area contributed by atoms with Crippen molar-refractivity contribution in [3.05, 3.63) is 95.9 Å². The minimum absolute atomic E-state index is 0.274. The predicted octanol–water partition coefficient (Wildman–Crippen LogP) is 5.15. The Labute approximate surface area is 224 Å². The van der Waals surface area contributed by atoms with Gasteiger partial charge in [0, 0.05) is 32.2 Å². The van der Waals surface area contributed by atoms with E-state index in [-0.39, 0.29) is 11.8 Å². The summed E-state index contributed by atoms with van der Waals surface area (Å²) in [6, 6.07) is 21.4. The molecular weight excluding hydrogens is 478 g/mol. The number of methoxy groups -OCH3 is 2. The number of carbonyl (C=O) groups excluding carboxylic acids is 2. The standard InChI is InChI=1S/C31H34N3O4/c1-5-25(23-14-15-27(37-3)28(20-23)38-4)34-30(35)24-12-9-13-26(29(24)31(34)36)33-18-16-32(17-19-33)21(2)22-10-7-6-8-11-22/h6-15,20-21,25H,1,5,16-19H2,2-4H3. The van der Waals surface area contributed by atoms with Crippen molar-refractivity contribution in [3.63, 3.8) is 0 Å². The summed E-state index contributed by atoms with van der Waals surface area (Å²) < 4.78 is 10.8. The lowest BCUT2D eigenvalue weighted by Crippen LogP contribution is -2.47. The number of nitrogens with zero attached hydrogens (tertiary/aromatic N) is 3. The molecule has 2 aliphatic heterocycles. The van der Waals surface area contributed by atoms with E-state index < -0.39 is 6.04 Å². The molecule has 7 nitrogen and oxygen atoms in total. The molecule has 197 valence electrons. The van der Waals surface area contributed by atoms with Crippen LogP contribution in [-0.4, -0.2) is 62.0 Å². The number of carbonyl (C=O) groups is 2. The number of imide groups is 1. The third-order valence-corrected chi connectivity index (χ3v) is 7.79. The molecule has 2 amide bonds. The van der Waals surface area contributed by atoms with E-state index >= 15 is 0 Å². The van der Waals surface area contributed by atoms with Gasteiger partial charge in [0.05, 0.1) is 37.1 Å². The van der Waals surface area contributed by atoms with E-state index in [4.69, 9.17) is 9.47 Å². The molecule has 3 aromatic rings. The first-order valence-corrected chi connectivity index (χ1v) is 13.0. The minimum atomic E-state index is -0.515. The lowest BCUT2D eigenvalue weighted by atomic mass is 10.0. The summed E-state index contributed by atoms with van der Waals surface area (Å²) in [6.07, 6.45) is 0.340. The first-order valence-electron chi connectivity index (χ1n) is 13.0. The van der Waals surface area contributed by atoms with Gasteiger partial charge < -0.3 is 14.4 Å². The smallest absolute Gasteiger partial charge is 0.264 e. The lowest BCUT2D eigenvalue weighted by molar-refractivity contribution is 0.0582. The van der Waals surface area contributed by atoms with Gasteiger partial charge in [0.15, 0.2) is 11.5 Å². The zero-order chi connectivity index (χ0) is 26.8. The first-order chi connectivity index (χ1) is 18.5. The SMILES string of the molecule is [CH2]CC(c1ccc(OC)c(OC)c1)N1C(=O)c2cccc(N3CCN(C(C)c4ccccc4)CC3)c2C1=O. The van der Waals surface area contributed by atoms with E-state index in [1.807, 2.05) is 30.3 Å². The summed E-state index contributed by atoms with van der Waals surface area (Å²) in [6.45, 7) is 9.61. The molecule has 7 heteroatoms. The van der Waals surface area contributed by atoms with E-state index in [9.17, 15) is 9.59 Å².